The Balaban J connectivity index is 1.92. The van der Waals surface area contributed by atoms with Crippen LogP contribution in [0, 0.1) is 5.92 Å². The van der Waals surface area contributed by atoms with E-state index in [9.17, 15) is 4.79 Å². The van der Waals surface area contributed by atoms with E-state index in [4.69, 9.17) is 4.74 Å². The molecule has 0 spiro atoms. The molecule has 0 saturated carbocycles. The number of anilines is 1. The van der Waals surface area contributed by atoms with Crippen molar-refractivity contribution in [3.8, 4) is 5.75 Å². The standard InChI is InChI=1S/C16H25N3O2/c1-11(2)14(19(3)4)9-17-8-12-5-6-15-13(7-12)18-16(20)10-21-15/h5-7,11,14,17H,8-10H2,1-4H3,(H,18,20). The van der Waals surface area contributed by atoms with Crippen LogP contribution in [0.5, 0.6) is 5.75 Å². The lowest BCUT2D eigenvalue weighted by Gasteiger charge is -2.28. The summed E-state index contributed by atoms with van der Waals surface area (Å²) in [5.41, 5.74) is 1.90. The largest absolute Gasteiger partial charge is 0.482 e. The number of carbonyl (C=O) groups is 1. The number of nitrogens with zero attached hydrogens (tertiary/aromatic N) is 1. The quantitative estimate of drug-likeness (QED) is 0.837. The lowest BCUT2D eigenvalue weighted by Crippen LogP contribution is -2.41. The molecule has 116 valence electrons. The van der Waals surface area contributed by atoms with Crippen molar-refractivity contribution in [3.63, 3.8) is 0 Å². The third kappa shape index (κ3) is 4.19. The zero-order valence-electron chi connectivity index (χ0n) is 13.3. The van der Waals surface area contributed by atoms with Crippen LogP contribution in [0.4, 0.5) is 5.69 Å². The molecule has 1 heterocycles. The maximum atomic E-state index is 11.3. The monoisotopic (exact) mass is 291 g/mol. The molecule has 0 saturated heterocycles. The van der Waals surface area contributed by atoms with Gasteiger partial charge in [-0.05, 0) is 37.7 Å². The van der Waals surface area contributed by atoms with Gasteiger partial charge in [-0.2, -0.15) is 0 Å². The second-order valence-corrected chi connectivity index (χ2v) is 6.07. The van der Waals surface area contributed by atoms with E-state index < -0.39 is 0 Å². The summed E-state index contributed by atoms with van der Waals surface area (Å²) in [6.07, 6.45) is 0. The fourth-order valence-corrected chi connectivity index (χ4v) is 2.62. The molecule has 0 aliphatic carbocycles. The van der Waals surface area contributed by atoms with Crippen molar-refractivity contribution in [3.05, 3.63) is 23.8 Å². The summed E-state index contributed by atoms with van der Waals surface area (Å²) in [6, 6.07) is 6.42. The molecule has 0 fully saturated rings. The first-order valence-electron chi connectivity index (χ1n) is 7.40. The Morgan fingerprint density at radius 2 is 2.14 bits per heavy atom. The van der Waals surface area contributed by atoms with Crippen molar-refractivity contribution >= 4 is 11.6 Å². The molecule has 2 rings (SSSR count). The van der Waals surface area contributed by atoms with Crippen LogP contribution < -0.4 is 15.4 Å². The van der Waals surface area contributed by atoms with Crippen LogP contribution >= 0.6 is 0 Å². The smallest absolute Gasteiger partial charge is 0.262 e. The van der Waals surface area contributed by atoms with Crippen LogP contribution in [-0.4, -0.2) is 44.1 Å². The molecule has 1 unspecified atom stereocenters. The molecule has 0 aromatic heterocycles. The van der Waals surface area contributed by atoms with E-state index in [1.165, 1.54) is 0 Å². The highest BCUT2D eigenvalue weighted by atomic mass is 16.5. The number of likely N-dealkylation sites (N-methyl/N-ethyl adjacent to an activating group) is 1. The van der Waals surface area contributed by atoms with E-state index in [0.29, 0.717) is 12.0 Å². The molecule has 1 aromatic carbocycles. The Hall–Kier alpha value is -1.59. The fraction of sp³-hybridized carbons (Fsp3) is 0.562. The number of nitrogens with one attached hydrogen (secondary N) is 2. The van der Waals surface area contributed by atoms with Crippen LogP contribution in [0.3, 0.4) is 0 Å². The molecule has 21 heavy (non-hydrogen) atoms. The van der Waals surface area contributed by atoms with Gasteiger partial charge in [-0.15, -0.1) is 0 Å². The zero-order valence-corrected chi connectivity index (χ0v) is 13.3. The average Bonchev–Trinajstić information content (AvgIpc) is 2.42. The topological polar surface area (TPSA) is 53.6 Å². The second-order valence-electron chi connectivity index (χ2n) is 6.07. The van der Waals surface area contributed by atoms with Crippen molar-refractivity contribution in [1.29, 1.82) is 0 Å². The van der Waals surface area contributed by atoms with Crippen molar-refractivity contribution < 1.29 is 9.53 Å². The maximum absolute atomic E-state index is 11.3. The van der Waals surface area contributed by atoms with Crippen LogP contribution in [-0.2, 0) is 11.3 Å². The Labute approximate surface area is 126 Å². The van der Waals surface area contributed by atoms with E-state index in [1.807, 2.05) is 18.2 Å². The molecule has 0 radical (unpaired) electrons. The van der Waals surface area contributed by atoms with Crippen molar-refractivity contribution in [2.45, 2.75) is 26.4 Å². The van der Waals surface area contributed by atoms with E-state index in [-0.39, 0.29) is 12.5 Å². The van der Waals surface area contributed by atoms with Gasteiger partial charge in [0.05, 0.1) is 5.69 Å². The second kappa shape index (κ2) is 6.91. The summed E-state index contributed by atoms with van der Waals surface area (Å²) in [7, 11) is 4.22. The molecule has 1 atom stereocenters. The highest BCUT2D eigenvalue weighted by Gasteiger charge is 2.17. The molecule has 2 N–H and O–H groups in total. The Morgan fingerprint density at radius 3 is 2.81 bits per heavy atom. The van der Waals surface area contributed by atoms with Gasteiger partial charge in [-0.3, -0.25) is 4.79 Å². The number of hydrogen-bond acceptors (Lipinski definition) is 4. The highest BCUT2D eigenvalue weighted by Crippen LogP contribution is 2.28. The summed E-state index contributed by atoms with van der Waals surface area (Å²) >= 11 is 0. The number of fused-ring (bicyclic) bond motifs is 1. The van der Waals surface area contributed by atoms with Crippen LogP contribution in [0.25, 0.3) is 0 Å². The van der Waals surface area contributed by atoms with Gasteiger partial charge in [0, 0.05) is 19.1 Å². The van der Waals surface area contributed by atoms with Gasteiger partial charge < -0.3 is 20.3 Å². The maximum Gasteiger partial charge on any atom is 0.262 e. The van der Waals surface area contributed by atoms with Gasteiger partial charge in [-0.1, -0.05) is 19.9 Å². The number of hydrogen-bond donors (Lipinski definition) is 2. The Kier molecular flexibility index (Phi) is 5.20. The normalized spacial score (nSPS) is 15.6. The molecule has 5 nitrogen and oxygen atoms in total. The third-order valence-corrected chi connectivity index (χ3v) is 3.79. The molecule has 5 heteroatoms. The minimum atomic E-state index is -0.0971. The van der Waals surface area contributed by atoms with Gasteiger partial charge >= 0.3 is 0 Å². The fourth-order valence-electron chi connectivity index (χ4n) is 2.62. The number of amides is 1. The number of rotatable bonds is 6. The van der Waals surface area contributed by atoms with E-state index >= 15 is 0 Å². The molecule has 1 amide bonds. The lowest BCUT2D eigenvalue weighted by molar-refractivity contribution is -0.118. The first-order chi connectivity index (χ1) is 9.97. The summed E-state index contributed by atoms with van der Waals surface area (Å²) in [5.74, 6) is 1.25. The van der Waals surface area contributed by atoms with Gasteiger partial charge in [0.15, 0.2) is 6.61 Å². The van der Waals surface area contributed by atoms with E-state index in [1.54, 1.807) is 0 Å². The Morgan fingerprint density at radius 1 is 1.38 bits per heavy atom. The van der Waals surface area contributed by atoms with E-state index in [0.717, 1.165) is 30.1 Å². The molecular weight excluding hydrogens is 266 g/mol. The summed E-state index contributed by atoms with van der Waals surface area (Å²) < 4.78 is 5.36. The predicted octanol–water partition coefficient (Wildman–Crippen LogP) is 1.69. The minimum Gasteiger partial charge on any atom is -0.482 e. The zero-order chi connectivity index (χ0) is 15.4. The first kappa shape index (κ1) is 15.8. The lowest BCUT2D eigenvalue weighted by atomic mass is 10.0. The van der Waals surface area contributed by atoms with Crippen LogP contribution in [0.2, 0.25) is 0 Å². The van der Waals surface area contributed by atoms with Crippen molar-refractivity contribution in [2.75, 3.05) is 32.6 Å². The van der Waals surface area contributed by atoms with E-state index in [2.05, 4.69) is 43.5 Å². The SMILES string of the molecule is CC(C)C(CNCc1ccc2c(c1)NC(=O)CO2)N(C)C. The minimum absolute atomic E-state index is 0.0971. The average molecular weight is 291 g/mol. The molecule has 1 aliphatic heterocycles. The summed E-state index contributed by atoms with van der Waals surface area (Å²) in [4.78, 5) is 13.6. The third-order valence-electron chi connectivity index (χ3n) is 3.79. The van der Waals surface area contributed by atoms with Crippen molar-refractivity contribution in [1.82, 2.24) is 10.2 Å². The summed E-state index contributed by atoms with van der Waals surface area (Å²) in [6.45, 7) is 6.28. The molecule has 1 aliphatic rings. The number of ether oxygens (including phenoxy) is 1. The van der Waals surface area contributed by atoms with Gasteiger partial charge in [0.25, 0.3) is 5.91 Å². The molecular formula is C16H25N3O2. The highest BCUT2D eigenvalue weighted by molar-refractivity contribution is 5.95. The number of benzene rings is 1. The molecule has 0 bridgehead atoms. The number of carbonyl (C=O) groups excluding carboxylic acids is 1. The van der Waals surface area contributed by atoms with Crippen LogP contribution in [0.15, 0.2) is 18.2 Å². The van der Waals surface area contributed by atoms with Crippen molar-refractivity contribution in [2.24, 2.45) is 5.92 Å². The first-order valence-corrected chi connectivity index (χ1v) is 7.40. The van der Waals surface area contributed by atoms with Crippen LogP contribution in [0.1, 0.15) is 19.4 Å². The van der Waals surface area contributed by atoms with Gasteiger partial charge in [-0.25, -0.2) is 0 Å². The van der Waals surface area contributed by atoms with Gasteiger partial charge in [0.1, 0.15) is 5.75 Å². The molecule has 1 aromatic rings. The van der Waals surface area contributed by atoms with Gasteiger partial charge in [0.2, 0.25) is 0 Å². The Bertz CT molecular complexity index is 492. The predicted molar refractivity (Wildman–Crippen MR) is 84.6 cm³/mol. The summed E-state index contributed by atoms with van der Waals surface area (Å²) in [5, 5.41) is 6.32.